The van der Waals surface area contributed by atoms with Gasteiger partial charge >= 0.3 is 10.2 Å². The SMILES string of the molecule is CC(C)COc1cc2c(=O)c3c4ccc(C#N)cc4[nH]c3n(C(C)C)c2cc1-c1cncc(S(=O)(=O)F)c1. The maximum Gasteiger partial charge on any atom is 0.333 e. The van der Waals surface area contributed by atoms with Crippen molar-refractivity contribution < 1.29 is 17.0 Å². The lowest BCUT2D eigenvalue weighted by Crippen LogP contribution is -2.14. The highest BCUT2D eigenvalue weighted by Crippen LogP contribution is 2.37. The molecule has 1 N–H and O–H groups in total. The van der Waals surface area contributed by atoms with Gasteiger partial charge in [-0.2, -0.15) is 13.7 Å². The molecule has 3 aromatic heterocycles. The number of hydrogen-bond acceptors (Lipinski definition) is 6. The first-order chi connectivity index (χ1) is 18.0. The lowest BCUT2D eigenvalue weighted by molar-refractivity contribution is 0.272. The minimum atomic E-state index is -4.98. The molecule has 2 aromatic carbocycles. The van der Waals surface area contributed by atoms with Gasteiger partial charge < -0.3 is 14.3 Å². The van der Waals surface area contributed by atoms with E-state index in [1.165, 1.54) is 12.3 Å². The fraction of sp³-hybridized carbons (Fsp3) is 0.250. The van der Waals surface area contributed by atoms with Gasteiger partial charge in [0.2, 0.25) is 0 Å². The maximum atomic E-state index is 13.9. The highest BCUT2D eigenvalue weighted by Gasteiger charge is 2.22. The summed E-state index contributed by atoms with van der Waals surface area (Å²) in [6.07, 6.45) is 2.38. The quantitative estimate of drug-likeness (QED) is 0.274. The van der Waals surface area contributed by atoms with Gasteiger partial charge in [0.15, 0.2) is 5.43 Å². The Hall–Kier alpha value is -4.23. The Morgan fingerprint density at radius 2 is 1.87 bits per heavy atom. The van der Waals surface area contributed by atoms with Crippen LogP contribution in [0.15, 0.2) is 58.5 Å². The number of fused-ring (bicyclic) bond motifs is 4. The van der Waals surface area contributed by atoms with Gasteiger partial charge in [-0.3, -0.25) is 9.78 Å². The van der Waals surface area contributed by atoms with Crippen LogP contribution in [0.5, 0.6) is 5.75 Å². The van der Waals surface area contributed by atoms with Crippen molar-refractivity contribution in [1.82, 2.24) is 14.5 Å². The van der Waals surface area contributed by atoms with Crippen LogP contribution in [0.1, 0.15) is 39.3 Å². The van der Waals surface area contributed by atoms with Crippen molar-refractivity contribution in [3.05, 3.63) is 64.6 Å². The molecule has 0 saturated carbocycles. The van der Waals surface area contributed by atoms with E-state index in [4.69, 9.17) is 4.74 Å². The van der Waals surface area contributed by atoms with E-state index in [0.29, 0.717) is 61.9 Å². The molecule has 194 valence electrons. The van der Waals surface area contributed by atoms with Crippen molar-refractivity contribution in [1.29, 1.82) is 5.26 Å². The third kappa shape index (κ3) is 4.29. The summed E-state index contributed by atoms with van der Waals surface area (Å²) in [6.45, 7) is 8.27. The number of ether oxygens (including phenoxy) is 1. The average molecular weight is 533 g/mol. The number of rotatable bonds is 6. The van der Waals surface area contributed by atoms with Gasteiger partial charge in [-0.05, 0) is 50.1 Å². The summed E-state index contributed by atoms with van der Waals surface area (Å²) in [4.78, 5) is 20.6. The Balaban J connectivity index is 1.91. The fourth-order valence-electron chi connectivity index (χ4n) is 4.71. The van der Waals surface area contributed by atoms with Crippen molar-refractivity contribution in [2.45, 2.75) is 38.6 Å². The standard InChI is InChI=1S/C28H25FN4O4S/c1-15(2)14-37-25-10-22-24(9-21(25)18-8-19(13-31-12-18)38(29,35)36)33(16(3)4)28-26(27(22)34)20-6-5-17(11-30)7-23(20)32-28/h5-10,12-13,15-16,32H,14H2,1-4H3. The molecule has 8 nitrogen and oxygen atoms in total. The number of nitrogens with zero attached hydrogens (tertiary/aromatic N) is 3. The molecule has 3 heterocycles. The first-order valence-corrected chi connectivity index (χ1v) is 13.5. The van der Waals surface area contributed by atoms with Crippen LogP contribution in [-0.4, -0.2) is 29.6 Å². The van der Waals surface area contributed by atoms with Crippen LogP contribution in [-0.2, 0) is 10.2 Å². The molecule has 0 radical (unpaired) electrons. The molecule has 0 spiro atoms. The van der Waals surface area contributed by atoms with Crippen LogP contribution in [0.4, 0.5) is 3.89 Å². The summed E-state index contributed by atoms with van der Waals surface area (Å²) in [6, 6.07) is 11.8. The van der Waals surface area contributed by atoms with Crippen LogP contribution in [0.2, 0.25) is 0 Å². The highest BCUT2D eigenvalue weighted by molar-refractivity contribution is 7.86. The Morgan fingerprint density at radius 1 is 1.11 bits per heavy atom. The predicted octanol–water partition coefficient (Wildman–Crippen LogP) is 5.84. The minimum Gasteiger partial charge on any atom is -0.493 e. The molecular formula is C28H25FN4O4S. The number of benzene rings is 2. The summed E-state index contributed by atoms with van der Waals surface area (Å²) in [7, 11) is -4.98. The number of hydrogen-bond donors (Lipinski definition) is 1. The molecular weight excluding hydrogens is 507 g/mol. The summed E-state index contributed by atoms with van der Waals surface area (Å²) in [5.74, 6) is 0.534. The molecule has 38 heavy (non-hydrogen) atoms. The third-order valence-corrected chi connectivity index (χ3v) is 7.16. The molecule has 0 fully saturated rings. The second-order valence-corrected chi connectivity index (χ2v) is 11.3. The van der Waals surface area contributed by atoms with Crippen LogP contribution in [0.25, 0.3) is 44.0 Å². The second-order valence-electron chi connectivity index (χ2n) is 9.93. The van der Waals surface area contributed by atoms with Crippen LogP contribution < -0.4 is 10.2 Å². The molecule has 0 amide bonds. The van der Waals surface area contributed by atoms with Gasteiger partial charge in [0.05, 0.1) is 34.5 Å². The van der Waals surface area contributed by atoms with Crippen LogP contribution in [0.3, 0.4) is 0 Å². The molecule has 10 heteroatoms. The lowest BCUT2D eigenvalue weighted by Gasteiger charge is -2.20. The van der Waals surface area contributed by atoms with Gasteiger partial charge in [0.25, 0.3) is 0 Å². The number of nitriles is 1. The first kappa shape index (κ1) is 25.4. The molecule has 0 aliphatic rings. The van der Waals surface area contributed by atoms with Crippen molar-refractivity contribution in [2.75, 3.05) is 6.61 Å². The number of pyridine rings is 2. The van der Waals surface area contributed by atoms with Gasteiger partial charge in [0.1, 0.15) is 16.3 Å². The largest absolute Gasteiger partial charge is 0.493 e. The van der Waals surface area contributed by atoms with Crippen LogP contribution in [0, 0.1) is 17.2 Å². The number of H-pyrrole nitrogens is 1. The van der Waals surface area contributed by atoms with Gasteiger partial charge in [0, 0.05) is 40.5 Å². The molecule has 5 aromatic rings. The summed E-state index contributed by atoms with van der Waals surface area (Å²) in [5.41, 5.74) is 2.94. The zero-order chi connectivity index (χ0) is 27.4. The zero-order valence-electron chi connectivity index (χ0n) is 21.2. The van der Waals surface area contributed by atoms with Crippen LogP contribution >= 0.6 is 0 Å². The number of halogens is 1. The van der Waals surface area contributed by atoms with E-state index >= 15 is 0 Å². The van der Waals surface area contributed by atoms with Gasteiger partial charge in [-0.25, -0.2) is 0 Å². The maximum absolute atomic E-state index is 13.9. The molecule has 5 rings (SSSR count). The Labute approximate surface area is 218 Å². The predicted molar refractivity (Wildman–Crippen MR) is 145 cm³/mol. The van der Waals surface area contributed by atoms with E-state index in [1.54, 1.807) is 30.3 Å². The van der Waals surface area contributed by atoms with E-state index in [-0.39, 0.29) is 17.4 Å². The number of nitrogens with one attached hydrogen (secondary N) is 1. The molecule has 0 unspecified atom stereocenters. The van der Waals surface area contributed by atoms with E-state index in [1.807, 2.05) is 32.3 Å². The molecule has 0 aliphatic heterocycles. The average Bonchev–Trinajstić information content (AvgIpc) is 3.25. The van der Waals surface area contributed by atoms with Gasteiger partial charge in [-0.15, -0.1) is 3.89 Å². The summed E-state index contributed by atoms with van der Waals surface area (Å²) < 4.78 is 45.1. The van der Waals surface area contributed by atoms with E-state index < -0.39 is 15.1 Å². The second kappa shape index (κ2) is 9.26. The molecule has 0 atom stereocenters. The van der Waals surface area contributed by atoms with Crippen molar-refractivity contribution in [2.24, 2.45) is 5.92 Å². The van der Waals surface area contributed by atoms with E-state index in [9.17, 15) is 22.4 Å². The topological polar surface area (TPSA) is 118 Å². The Kier molecular flexibility index (Phi) is 6.19. The normalized spacial score (nSPS) is 12.2. The van der Waals surface area contributed by atoms with E-state index in [0.717, 1.165) is 6.20 Å². The molecule has 0 bridgehead atoms. The molecule has 0 saturated heterocycles. The van der Waals surface area contributed by atoms with E-state index in [2.05, 4.69) is 16.0 Å². The molecule has 0 aliphatic carbocycles. The lowest BCUT2D eigenvalue weighted by atomic mass is 10.0. The number of aromatic amines is 1. The van der Waals surface area contributed by atoms with Crippen molar-refractivity contribution in [3.8, 4) is 22.9 Å². The minimum absolute atomic E-state index is 0.0879. The van der Waals surface area contributed by atoms with Crippen molar-refractivity contribution in [3.63, 3.8) is 0 Å². The zero-order valence-corrected chi connectivity index (χ0v) is 22.1. The Bertz CT molecular complexity index is 1950. The third-order valence-electron chi connectivity index (χ3n) is 6.37. The van der Waals surface area contributed by atoms with Gasteiger partial charge in [-0.1, -0.05) is 19.9 Å². The summed E-state index contributed by atoms with van der Waals surface area (Å²) in [5, 5.41) is 11.0. The number of aromatic nitrogens is 3. The highest BCUT2D eigenvalue weighted by atomic mass is 32.3. The first-order valence-electron chi connectivity index (χ1n) is 12.1. The Morgan fingerprint density at radius 3 is 2.53 bits per heavy atom. The smallest absolute Gasteiger partial charge is 0.333 e. The fourth-order valence-corrected chi connectivity index (χ4v) is 5.16. The van der Waals surface area contributed by atoms with Crippen molar-refractivity contribution >= 4 is 43.1 Å². The summed E-state index contributed by atoms with van der Waals surface area (Å²) >= 11 is 0. The monoisotopic (exact) mass is 532 g/mol.